The maximum Gasteiger partial charge on any atom is 0.244 e. The molecule has 10 heteroatoms. The SMILES string of the molecule is CCNC(=O)C(CC)N(Cc1ccccc1Cl)C(=O)CN(c1cccc(C(C)=O)c1)S(C)(=O)=O. The van der Waals surface area contributed by atoms with Crippen molar-refractivity contribution >= 4 is 44.9 Å². The lowest BCUT2D eigenvalue weighted by atomic mass is 10.1. The Hall–Kier alpha value is -2.91. The summed E-state index contributed by atoms with van der Waals surface area (Å²) in [6.45, 7) is 4.80. The topological polar surface area (TPSA) is 104 Å². The van der Waals surface area contributed by atoms with Crippen molar-refractivity contribution in [1.29, 1.82) is 0 Å². The van der Waals surface area contributed by atoms with E-state index >= 15 is 0 Å². The van der Waals surface area contributed by atoms with Crippen LogP contribution in [0.4, 0.5) is 5.69 Å². The number of likely N-dealkylation sites (N-methyl/N-ethyl adjacent to an activating group) is 1. The lowest BCUT2D eigenvalue weighted by Crippen LogP contribution is -2.52. The fourth-order valence-electron chi connectivity index (χ4n) is 3.52. The average molecular weight is 508 g/mol. The first-order valence-electron chi connectivity index (χ1n) is 10.9. The maximum absolute atomic E-state index is 13.5. The summed E-state index contributed by atoms with van der Waals surface area (Å²) in [4.78, 5) is 39.5. The van der Waals surface area contributed by atoms with Gasteiger partial charge >= 0.3 is 0 Å². The zero-order valence-electron chi connectivity index (χ0n) is 19.7. The molecule has 0 aliphatic heterocycles. The molecule has 0 aliphatic rings. The molecule has 2 rings (SSSR count). The first-order chi connectivity index (χ1) is 16.0. The van der Waals surface area contributed by atoms with Crippen LogP contribution in [0.1, 0.15) is 43.1 Å². The molecule has 0 saturated carbocycles. The molecule has 8 nitrogen and oxygen atoms in total. The molecule has 1 atom stereocenters. The van der Waals surface area contributed by atoms with Crippen molar-refractivity contribution in [2.24, 2.45) is 0 Å². The molecule has 0 bridgehead atoms. The van der Waals surface area contributed by atoms with Crippen LogP contribution in [-0.2, 0) is 26.2 Å². The number of rotatable bonds is 11. The third kappa shape index (κ3) is 7.04. The standard InChI is InChI=1S/C24H30ClN3O5S/c1-5-22(24(31)26-6-2)27(15-19-10-7-8-13-21(19)25)23(30)16-28(34(4,32)33)20-12-9-11-18(14-20)17(3)29/h7-14,22H,5-6,15-16H2,1-4H3,(H,26,31). The molecule has 184 valence electrons. The van der Waals surface area contributed by atoms with Gasteiger partial charge in [0.25, 0.3) is 0 Å². The molecule has 2 amide bonds. The molecule has 2 aromatic carbocycles. The molecule has 2 aromatic rings. The fraction of sp³-hybridized carbons (Fsp3) is 0.375. The van der Waals surface area contributed by atoms with Gasteiger partial charge in [-0.15, -0.1) is 0 Å². The van der Waals surface area contributed by atoms with Crippen molar-refractivity contribution in [2.75, 3.05) is 23.7 Å². The Bertz CT molecular complexity index is 1150. The molecule has 1 unspecified atom stereocenters. The lowest BCUT2D eigenvalue weighted by Gasteiger charge is -2.33. The first-order valence-corrected chi connectivity index (χ1v) is 13.1. The first kappa shape index (κ1) is 27.3. The minimum Gasteiger partial charge on any atom is -0.355 e. The Morgan fingerprint density at radius 1 is 1.06 bits per heavy atom. The number of nitrogens with one attached hydrogen (secondary N) is 1. The van der Waals surface area contributed by atoms with Crippen LogP contribution in [0.2, 0.25) is 5.02 Å². The van der Waals surface area contributed by atoms with Crippen LogP contribution in [-0.4, -0.2) is 56.3 Å². The van der Waals surface area contributed by atoms with Gasteiger partial charge in [0.1, 0.15) is 12.6 Å². The van der Waals surface area contributed by atoms with Crippen LogP contribution in [0.5, 0.6) is 0 Å². The molecule has 1 N–H and O–H groups in total. The number of nitrogens with zero attached hydrogens (tertiary/aromatic N) is 2. The van der Waals surface area contributed by atoms with E-state index in [0.717, 1.165) is 10.6 Å². The average Bonchev–Trinajstić information content (AvgIpc) is 2.77. The Morgan fingerprint density at radius 3 is 2.29 bits per heavy atom. The quantitative estimate of drug-likeness (QED) is 0.470. The Labute approximate surface area is 205 Å². The highest BCUT2D eigenvalue weighted by Gasteiger charge is 2.32. The largest absolute Gasteiger partial charge is 0.355 e. The molecule has 0 radical (unpaired) electrons. The second kappa shape index (κ2) is 12.0. The number of carbonyl (C=O) groups is 3. The lowest BCUT2D eigenvalue weighted by molar-refractivity contribution is -0.140. The Balaban J connectivity index is 2.48. The highest BCUT2D eigenvalue weighted by molar-refractivity contribution is 7.92. The number of hydrogen-bond acceptors (Lipinski definition) is 5. The zero-order valence-corrected chi connectivity index (χ0v) is 21.3. The monoisotopic (exact) mass is 507 g/mol. The van der Waals surface area contributed by atoms with Crippen LogP contribution < -0.4 is 9.62 Å². The van der Waals surface area contributed by atoms with E-state index in [9.17, 15) is 22.8 Å². The molecule has 34 heavy (non-hydrogen) atoms. The number of Topliss-reactive ketones (excluding diaryl/α,β-unsaturated/α-hetero) is 1. The number of hydrogen-bond donors (Lipinski definition) is 1. The molecule has 0 saturated heterocycles. The van der Waals surface area contributed by atoms with Gasteiger partial charge in [0.2, 0.25) is 21.8 Å². The molecular formula is C24H30ClN3O5S. The molecule has 0 aromatic heterocycles. The third-order valence-corrected chi connectivity index (χ3v) is 6.76. The summed E-state index contributed by atoms with van der Waals surface area (Å²) in [5.74, 6) is -1.14. The summed E-state index contributed by atoms with van der Waals surface area (Å²) in [5, 5.41) is 3.16. The number of halogens is 1. The highest BCUT2D eigenvalue weighted by atomic mass is 35.5. The van der Waals surface area contributed by atoms with Gasteiger partial charge in [0, 0.05) is 23.7 Å². The van der Waals surface area contributed by atoms with Crippen molar-refractivity contribution in [1.82, 2.24) is 10.2 Å². The van der Waals surface area contributed by atoms with Crippen LogP contribution >= 0.6 is 11.6 Å². The minimum atomic E-state index is -3.89. The van der Waals surface area contributed by atoms with Crippen molar-refractivity contribution in [3.05, 3.63) is 64.7 Å². The fourth-order valence-corrected chi connectivity index (χ4v) is 4.55. The van der Waals surface area contributed by atoms with Crippen LogP contribution in [0, 0.1) is 0 Å². The second-order valence-corrected chi connectivity index (χ2v) is 10.1. The molecule has 0 fully saturated rings. The van der Waals surface area contributed by atoms with Crippen LogP contribution in [0.15, 0.2) is 48.5 Å². The van der Waals surface area contributed by atoms with Crippen molar-refractivity contribution in [3.63, 3.8) is 0 Å². The van der Waals surface area contributed by atoms with E-state index in [1.807, 2.05) is 0 Å². The van der Waals surface area contributed by atoms with E-state index in [4.69, 9.17) is 11.6 Å². The summed E-state index contributed by atoms with van der Waals surface area (Å²) in [5.41, 5.74) is 1.14. The van der Waals surface area contributed by atoms with E-state index in [0.29, 0.717) is 29.1 Å². The van der Waals surface area contributed by atoms with E-state index in [2.05, 4.69) is 5.32 Å². The second-order valence-electron chi connectivity index (χ2n) is 7.81. The zero-order chi connectivity index (χ0) is 25.5. The summed E-state index contributed by atoms with van der Waals surface area (Å²) < 4.78 is 26.2. The summed E-state index contributed by atoms with van der Waals surface area (Å²) in [6.07, 6.45) is 1.31. The van der Waals surface area contributed by atoms with Crippen molar-refractivity contribution in [2.45, 2.75) is 39.8 Å². The Morgan fingerprint density at radius 2 is 1.74 bits per heavy atom. The smallest absolute Gasteiger partial charge is 0.244 e. The number of amides is 2. The molecule has 0 aliphatic carbocycles. The third-order valence-electron chi connectivity index (χ3n) is 5.26. The van der Waals surface area contributed by atoms with E-state index in [1.54, 1.807) is 50.2 Å². The Kier molecular flexibility index (Phi) is 9.64. The van der Waals surface area contributed by atoms with E-state index < -0.39 is 28.5 Å². The number of benzene rings is 2. The van der Waals surface area contributed by atoms with E-state index in [-0.39, 0.29) is 23.9 Å². The predicted molar refractivity (Wildman–Crippen MR) is 133 cm³/mol. The molecular weight excluding hydrogens is 478 g/mol. The van der Waals surface area contributed by atoms with E-state index in [1.165, 1.54) is 24.0 Å². The predicted octanol–water partition coefficient (Wildman–Crippen LogP) is 3.25. The van der Waals surface area contributed by atoms with Gasteiger partial charge in [-0.25, -0.2) is 8.42 Å². The van der Waals surface area contributed by atoms with Gasteiger partial charge in [0.05, 0.1) is 11.9 Å². The molecule has 0 spiro atoms. The molecule has 0 heterocycles. The summed E-state index contributed by atoms with van der Waals surface area (Å²) >= 11 is 6.31. The van der Waals surface area contributed by atoms with Gasteiger partial charge in [-0.1, -0.05) is 48.9 Å². The van der Waals surface area contributed by atoms with Gasteiger partial charge in [-0.3, -0.25) is 18.7 Å². The maximum atomic E-state index is 13.5. The van der Waals surface area contributed by atoms with Crippen LogP contribution in [0.25, 0.3) is 0 Å². The van der Waals surface area contributed by atoms with Gasteiger partial charge in [-0.2, -0.15) is 0 Å². The highest BCUT2D eigenvalue weighted by Crippen LogP contribution is 2.23. The van der Waals surface area contributed by atoms with Gasteiger partial charge in [-0.05, 0) is 44.0 Å². The normalized spacial score (nSPS) is 12.0. The minimum absolute atomic E-state index is 0.0270. The summed E-state index contributed by atoms with van der Waals surface area (Å²) in [7, 11) is -3.89. The van der Waals surface area contributed by atoms with Gasteiger partial charge < -0.3 is 10.2 Å². The van der Waals surface area contributed by atoms with Crippen LogP contribution in [0.3, 0.4) is 0 Å². The van der Waals surface area contributed by atoms with Crippen molar-refractivity contribution < 1.29 is 22.8 Å². The summed E-state index contributed by atoms with van der Waals surface area (Å²) in [6, 6.07) is 12.2. The number of anilines is 1. The number of carbonyl (C=O) groups excluding carboxylic acids is 3. The van der Waals surface area contributed by atoms with Crippen molar-refractivity contribution in [3.8, 4) is 0 Å². The number of ketones is 1. The number of sulfonamides is 1. The van der Waals surface area contributed by atoms with Gasteiger partial charge in [0.15, 0.2) is 5.78 Å².